The Morgan fingerprint density at radius 3 is 2.74 bits per heavy atom. The number of anilines is 1. The van der Waals surface area contributed by atoms with Crippen LogP contribution >= 0.6 is 0 Å². The van der Waals surface area contributed by atoms with Crippen LogP contribution in [0.1, 0.15) is 21.6 Å². The smallest absolute Gasteiger partial charge is 0.293 e. The molecule has 2 aromatic rings. The lowest BCUT2D eigenvalue weighted by Gasteiger charge is -2.06. The number of hydrogen-bond acceptors (Lipinski definition) is 4. The van der Waals surface area contributed by atoms with Gasteiger partial charge in [-0.05, 0) is 25.5 Å². The summed E-state index contributed by atoms with van der Waals surface area (Å²) in [5.74, 6) is -0.432. The van der Waals surface area contributed by atoms with Crippen molar-refractivity contribution >= 4 is 17.3 Å². The normalized spacial score (nSPS) is 10.2. The van der Waals surface area contributed by atoms with Gasteiger partial charge in [-0.25, -0.2) is 0 Å². The number of nitrogens with zero attached hydrogens (tertiary/aromatic N) is 2. The zero-order valence-corrected chi connectivity index (χ0v) is 10.4. The van der Waals surface area contributed by atoms with E-state index in [1.807, 2.05) is 0 Å². The molecule has 1 aromatic heterocycles. The number of nitro benzene ring substituents is 1. The second-order valence-electron chi connectivity index (χ2n) is 4.14. The Balaban J connectivity index is 2.32. The first-order valence-electron chi connectivity index (χ1n) is 5.55. The quantitative estimate of drug-likeness (QED) is 0.652. The Kier molecular flexibility index (Phi) is 3.28. The molecule has 0 aliphatic carbocycles. The first-order valence-corrected chi connectivity index (χ1v) is 5.55. The maximum Gasteiger partial charge on any atom is 0.293 e. The number of carbonyl (C=O) groups excluding carboxylic acids is 1. The standard InChI is InChI=1S/C12H12N4O3/c1-7-3-4-10(11(5-7)16(18)19)14-12(17)9-6-13-15-8(9)2/h3-6H,1-2H3,(H,13,15)(H,14,17). The molecule has 98 valence electrons. The number of aromatic nitrogens is 2. The van der Waals surface area contributed by atoms with Crippen molar-refractivity contribution in [2.24, 2.45) is 0 Å². The van der Waals surface area contributed by atoms with Gasteiger partial charge in [0.2, 0.25) is 0 Å². The molecule has 0 spiro atoms. The van der Waals surface area contributed by atoms with Gasteiger partial charge in [-0.3, -0.25) is 20.0 Å². The molecule has 1 amide bonds. The largest absolute Gasteiger partial charge is 0.316 e. The lowest BCUT2D eigenvalue weighted by molar-refractivity contribution is -0.384. The Hall–Kier alpha value is -2.70. The van der Waals surface area contributed by atoms with Crippen LogP contribution in [0, 0.1) is 24.0 Å². The summed E-state index contributed by atoms with van der Waals surface area (Å²) < 4.78 is 0. The third-order valence-corrected chi connectivity index (χ3v) is 2.67. The molecule has 19 heavy (non-hydrogen) atoms. The highest BCUT2D eigenvalue weighted by Gasteiger charge is 2.18. The van der Waals surface area contributed by atoms with Gasteiger partial charge in [0.15, 0.2) is 0 Å². The monoisotopic (exact) mass is 260 g/mol. The van der Waals surface area contributed by atoms with Crippen LogP contribution in [0.5, 0.6) is 0 Å². The molecule has 0 bridgehead atoms. The van der Waals surface area contributed by atoms with Crippen molar-refractivity contribution in [3.8, 4) is 0 Å². The molecule has 2 N–H and O–H groups in total. The summed E-state index contributed by atoms with van der Waals surface area (Å²) in [6, 6.07) is 4.63. The molecule has 0 saturated carbocycles. The van der Waals surface area contributed by atoms with Gasteiger partial charge in [0.25, 0.3) is 11.6 Å². The number of aryl methyl sites for hydroxylation is 2. The van der Waals surface area contributed by atoms with Crippen LogP contribution in [-0.2, 0) is 0 Å². The van der Waals surface area contributed by atoms with Crippen LogP contribution in [-0.4, -0.2) is 21.0 Å². The number of nitro groups is 1. The molecule has 0 atom stereocenters. The van der Waals surface area contributed by atoms with Crippen molar-refractivity contribution < 1.29 is 9.72 Å². The van der Waals surface area contributed by atoms with E-state index in [0.717, 1.165) is 5.56 Å². The molecule has 7 nitrogen and oxygen atoms in total. The molecule has 7 heteroatoms. The highest BCUT2D eigenvalue weighted by Crippen LogP contribution is 2.25. The number of amides is 1. The fraction of sp³-hybridized carbons (Fsp3) is 0.167. The second kappa shape index (κ2) is 4.89. The van der Waals surface area contributed by atoms with Crippen LogP contribution in [0.2, 0.25) is 0 Å². The van der Waals surface area contributed by atoms with E-state index in [0.29, 0.717) is 11.3 Å². The minimum atomic E-state index is -0.523. The van der Waals surface area contributed by atoms with Gasteiger partial charge in [0, 0.05) is 11.8 Å². The summed E-state index contributed by atoms with van der Waals surface area (Å²) in [6.07, 6.45) is 1.38. The average Bonchev–Trinajstić information content (AvgIpc) is 2.77. The molecule has 0 saturated heterocycles. The van der Waals surface area contributed by atoms with Crippen LogP contribution in [0.4, 0.5) is 11.4 Å². The number of H-pyrrole nitrogens is 1. The summed E-state index contributed by atoms with van der Waals surface area (Å²) >= 11 is 0. The van der Waals surface area contributed by atoms with Crippen molar-refractivity contribution in [1.82, 2.24) is 10.2 Å². The molecule has 0 fully saturated rings. The van der Waals surface area contributed by atoms with Crippen LogP contribution in [0.15, 0.2) is 24.4 Å². The van der Waals surface area contributed by atoms with E-state index < -0.39 is 10.8 Å². The Bertz CT molecular complexity index is 648. The topological polar surface area (TPSA) is 101 Å². The van der Waals surface area contributed by atoms with Crippen molar-refractivity contribution in [3.05, 3.63) is 51.3 Å². The summed E-state index contributed by atoms with van der Waals surface area (Å²) in [5, 5.41) is 19.8. The number of aromatic amines is 1. The fourth-order valence-electron chi connectivity index (χ4n) is 1.67. The summed E-state index contributed by atoms with van der Waals surface area (Å²) in [4.78, 5) is 22.4. The van der Waals surface area contributed by atoms with Crippen LogP contribution in [0.3, 0.4) is 0 Å². The minimum absolute atomic E-state index is 0.130. The number of nitrogens with one attached hydrogen (secondary N) is 2. The van der Waals surface area contributed by atoms with E-state index in [-0.39, 0.29) is 11.4 Å². The summed E-state index contributed by atoms with van der Waals surface area (Å²) in [6.45, 7) is 3.45. The van der Waals surface area contributed by atoms with Crippen molar-refractivity contribution in [1.29, 1.82) is 0 Å². The predicted octanol–water partition coefficient (Wildman–Crippen LogP) is 2.19. The molecule has 2 rings (SSSR count). The summed E-state index contributed by atoms with van der Waals surface area (Å²) in [7, 11) is 0. The number of hydrogen-bond donors (Lipinski definition) is 2. The highest BCUT2D eigenvalue weighted by atomic mass is 16.6. The first-order chi connectivity index (χ1) is 8.99. The third-order valence-electron chi connectivity index (χ3n) is 2.67. The summed E-state index contributed by atoms with van der Waals surface area (Å²) in [5.41, 5.74) is 1.75. The van der Waals surface area contributed by atoms with Gasteiger partial charge in [0.1, 0.15) is 5.69 Å². The van der Waals surface area contributed by atoms with Crippen LogP contribution < -0.4 is 5.32 Å². The Morgan fingerprint density at radius 1 is 1.42 bits per heavy atom. The van der Waals surface area contributed by atoms with E-state index >= 15 is 0 Å². The molecule has 0 radical (unpaired) electrons. The van der Waals surface area contributed by atoms with E-state index in [1.54, 1.807) is 19.9 Å². The maximum atomic E-state index is 12.0. The SMILES string of the molecule is Cc1ccc(NC(=O)c2cn[nH]c2C)c([N+](=O)[O-])c1. The Morgan fingerprint density at radius 2 is 2.16 bits per heavy atom. The number of carbonyl (C=O) groups is 1. The highest BCUT2D eigenvalue weighted by molar-refractivity contribution is 6.05. The second-order valence-corrected chi connectivity index (χ2v) is 4.14. The average molecular weight is 260 g/mol. The zero-order chi connectivity index (χ0) is 14.0. The zero-order valence-electron chi connectivity index (χ0n) is 10.4. The van der Waals surface area contributed by atoms with Gasteiger partial charge in [-0.2, -0.15) is 5.10 Å². The van der Waals surface area contributed by atoms with E-state index in [4.69, 9.17) is 0 Å². The fourth-order valence-corrected chi connectivity index (χ4v) is 1.67. The number of rotatable bonds is 3. The van der Waals surface area contributed by atoms with Crippen LogP contribution in [0.25, 0.3) is 0 Å². The van der Waals surface area contributed by atoms with Crippen molar-refractivity contribution in [2.45, 2.75) is 13.8 Å². The lowest BCUT2D eigenvalue weighted by atomic mass is 10.2. The molecule has 1 aromatic carbocycles. The first kappa shape index (κ1) is 12.7. The Labute approximate surface area is 108 Å². The van der Waals surface area contributed by atoms with E-state index in [1.165, 1.54) is 18.3 Å². The van der Waals surface area contributed by atoms with Gasteiger partial charge in [-0.1, -0.05) is 6.07 Å². The van der Waals surface area contributed by atoms with E-state index in [2.05, 4.69) is 15.5 Å². The minimum Gasteiger partial charge on any atom is -0.316 e. The van der Waals surface area contributed by atoms with Gasteiger partial charge in [-0.15, -0.1) is 0 Å². The maximum absolute atomic E-state index is 12.0. The predicted molar refractivity (Wildman–Crippen MR) is 69.1 cm³/mol. The van der Waals surface area contributed by atoms with Crippen molar-refractivity contribution in [3.63, 3.8) is 0 Å². The van der Waals surface area contributed by atoms with Gasteiger partial charge in [0.05, 0.1) is 16.7 Å². The molecule has 1 heterocycles. The molecule has 0 unspecified atom stereocenters. The van der Waals surface area contributed by atoms with Crippen molar-refractivity contribution in [2.75, 3.05) is 5.32 Å². The molecule has 0 aliphatic heterocycles. The number of benzene rings is 1. The lowest BCUT2D eigenvalue weighted by Crippen LogP contribution is -2.13. The van der Waals surface area contributed by atoms with Gasteiger partial charge < -0.3 is 5.32 Å². The van der Waals surface area contributed by atoms with Gasteiger partial charge >= 0.3 is 0 Å². The molecular weight excluding hydrogens is 248 g/mol. The molecule has 0 aliphatic rings. The third kappa shape index (κ3) is 2.59. The molecular formula is C12H12N4O3. The van der Waals surface area contributed by atoms with E-state index in [9.17, 15) is 14.9 Å².